The second-order valence-electron chi connectivity index (χ2n) is 8.74. The molecule has 1 aliphatic rings. The Kier molecular flexibility index (Phi) is 8.42. The number of rotatable bonds is 9. The Labute approximate surface area is 181 Å². The van der Waals surface area contributed by atoms with Gasteiger partial charge in [0.15, 0.2) is 5.78 Å². The van der Waals surface area contributed by atoms with Crippen LogP contribution in [0.25, 0.3) is 6.08 Å². The molecule has 0 spiro atoms. The summed E-state index contributed by atoms with van der Waals surface area (Å²) in [5, 5.41) is 0. The molecule has 2 aromatic rings. The summed E-state index contributed by atoms with van der Waals surface area (Å²) in [7, 11) is 0. The Morgan fingerprint density at radius 2 is 1.80 bits per heavy atom. The molecule has 0 aliphatic heterocycles. The largest absolute Gasteiger partial charge is 0.294 e. The van der Waals surface area contributed by atoms with Gasteiger partial charge in [0.25, 0.3) is 0 Å². The average molecular weight is 407 g/mol. The van der Waals surface area contributed by atoms with Crippen molar-refractivity contribution in [2.75, 3.05) is 0 Å². The minimum atomic E-state index is -0.292. The normalized spacial score (nSPS) is 19.3. The molecule has 0 heterocycles. The molecule has 160 valence electrons. The zero-order valence-corrected chi connectivity index (χ0v) is 18.5. The molecule has 1 saturated carbocycles. The molecule has 0 saturated heterocycles. The number of carbonyl (C=O) groups excluding carboxylic acids is 1. The molecule has 3 rings (SSSR count). The van der Waals surface area contributed by atoms with Gasteiger partial charge in [0.05, 0.1) is 0 Å². The number of hydrogen-bond acceptors (Lipinski definition) is 1. The molecule has 0 radical (unpaired) electrons. The van der Waals surface area contributed by atoms with Crippen molar-refractivity contribution in [2.45, 2.75) is 77.6 Å². The number of benzene rings is 2. The third kappa shape index (κ3) is 5.90. The van der Waals surface area contributed by atoms with Crippen molar-refractivity contribution in [3.05, 3.63) is 76.6 Å². The van der Waals surface area contributed by atoms with Crippen molar-refractivity contribution < 1.29 is 9.18 Å². The maximum Gasteiger partial charge on any atom is 0.167 e. The lowest BCUT2D eigenvalue weighted by atomic mass is 9.75. The van der Waals surface area contributed by atoms with Gasteiger partial charge in [-0.2, -0.15) is 0 Å². The van der Waals surface area contributed by atoms with Crippen LogP contribution in [0.15, 0.2) is 48.5 Å². The van der Waals surface area contributed by atoms with E-state index in [4.69, 9.17) is 0 Å². The van der Waals surface area contributed by atoms with Gasteiger partial charge >= 0.3 is 0 Å². The number of hydrogen-bond donors (Lipinski definition) is 0. The van der Waals surface area contributed by atoms with E-state index in [0.717, 1.165) is 48.3 Å². The molecular weight excluding hydrogens is 371 g/mol. The predicted octanol–water partition coefficient (Wildman–Crippen LogP) is 8.14. The molecule has 0 N–H and O–H groups in total. The molecule has 1 fully saturated rings. The second-order valence-corrected chi connectivity index (χ2v) is 8.74. The Bertz CT molecular complexity index is 859. The van der Waals surface area contributed by atoms with Gasteiger partial charge in [0.2, 0.25) is 0 Å². The smallest absolute Gasteiger partial charge is 0.167 e. The number of halogens is 1. The van der Waals surface area contributed by atoms with E-state index in [1.54, 1.807) is 6.07 Å². The summed E-state index contributed by atoms with van der Waals surface area (Å²) < 4.78 is 14.6. The highest BCUT2D eigenvalue weighted by Gasteiger charge is 2.25. The summed E-state index contributed by atoms with van der Waals surface area (Å²) in [5.41, 5.74) is 3.27. The lowest BCUT2D eigenvalue weighted by molar-refractivity contribution is 0.0990. The molecule has 0 bridgehead atoms. The van der Waals surface area contributed by atoms with Crippen molar-refractivity contribution in [2.24, 2.45) is 5.92 Å². The van der Waals surface area contributed by atoms with Crippen LogP contribution in [-0.4, -0.2) is 5.78 Å². The lowest BCUT2D eigenvalue weighted by Crippen LogP contribution is -2.16. The molecule has 30 heavy (non-hydrogen) atoms. The summed E-state index contributed by atoms with van der Waals surface area (Å²) in [6.45, 7) is 4.38. The predicted molar refractivity (Wildman–Crippen MR) is 124 cm³/mol. The number of Topliss-reactive ketones (excluding diaryl/α,β-unsaturated/α-hetero) is 1. The van der Waals surface area contributed by atoms with E-state index in [-0.39, 0.29) is 18.0 Å². The first-order valence-corrected chi connectivity index (χ1v) is 11.7. The first-order valence-electron chi connectivity index (χ1n) is 11.7. The van der Waals surface area contributed by atoms with Gasteiger partial charge in [-0.3, -0.25) is 4.79 Å². The van der Waals surface area contributed by atoms with Crippen molar-refractivity contribution in [3.8, 4) is 0 Å². The SMILES string of the molecule is CCCC=Cc1ccc(CC(=O)c2ccccc2C2CCC(CCC)CC2)c(F)c1. The van der Waals surface area contributed by atoms with Crippen molar-refractivity contribution in [1.82, 2.24) is 0 Å². The van der Waals surface area contributed by atoms with Gasteiger partial charge in [0.1, 0.15) is 5.82 Å². The van der Waals surface area contributed by atoms with E-state index in [1.807, 2.05) is 30.3 Å². The minimum Gasteiger partial charge on any atom is -0.294 e. The maximum absolute atomic E-state index is 14.6. The third-order valence-electron chi connectivity index (χ3n) is 6.44. The summed E-state index contributed by atoms with van der Waals surface area (Å²) >= 11 is 0. The van der Waals surface area contributed by atoms with Crippen molar-refractivity contribution >= 4 is 11.9 Å². The van der Waals surface area contributed by atoms with Crippen LogP contribution in [0.3, 0.4) is 0 Å². The molecule has 2 aromatic carbocycles. The zero-order chi connectivity index (χ0) is 21.3. The standard InChI is InChI=1S/C28H35FO/c1-3-5-6-10-22-15-18-24(27(29)19-22)20-28(30)26-12-8-7-11-25(26)23-16-13-21(9-4-2)14-17-23/h6-8,10-12,15,18-19,21,23H,3-5,9,13-14,16-17,20H2,1-2H3. The minimum absolute atomic E-state index is 0.0226. The van der Waals surface area contributed by atoms with Gasteiger partial charge in [-0.25, -0.2) is 4.39 Å². The second kappa shape index (κ2) is 11.2. The van der Waals surface area contributed by atoms with Crippen LogP contribution < -0.4 is 0 Å². The Morgan fingerprint density at radius 3 is 2.50 bits per heavy atom. The van der Waals surface area contributed by atoms with E-state index in [2.05, 4.69) is 26.0 Å². The van der Waals surface area contributed by atoms with E-state index >= 15 is 0 Å². The molecule has 0 atom stereocenters. The molecular formula is C28H35FO. The Morgan fingerprint density at radius 1 is 1.03 bits per heavy atom. The van der Waals surface area contributed by atoms with E-state index < -0.39 is 0 Å². The fourth-order valence-electron chi connectivity index (χ4n) is 4.74. The van der Waals surface area contributed by atoms with Gasteiger partial charge in [-0.1, -0.05) is 81.7 Å². The third-order valence-corrected chi connectivity index (χ3v) is 6.44. The molecule has 0 amide bonds. The molecule has 1 nitrogen and oxygen atoms in total. The molecule has 1 aliphatic carbocycles. The van der Waals surface area contributed by atoms with Crippen LogP contribution in [0.2, 0.25) is 0 Å². The summed E-state index contributed by atoms with van der Waals surface area (Å²) in [4.78, 5) is 13.1. The van der Waals surface area contributed by atoms with E-state index in [9.17, 15) is 9.18 Å². The highest BCUT2D eigenvalue weighted by atomic mass is 19.1. The van der Waals surface area contributed by atoms with Crippen molar-refractivity contribution in [1.29, 1.82) is 0 Å². The van der Waals surface area contributed by atoms with Crippen molar-refractivity contribution in [3.63, 3.8) is 0 Å². The topological polar surface area (TPSA) is 17.1 Å². The van der Waals surface area contributed by atoms with Crippen LogP contribution in [0.1, 0.15) is 98.2 Å². The van der Waals surface area contributed by atoms with Crippen LogP contribution in [-0.2, 0) is 6.42 Å². The quantitative estimate of drug-likeness (QED) is 0.384. The summed E-state index contributed by atoms with van der Waals surface area (Å²) in [6, 6.07) is 13.2. The fourth-order valence-corrected chi connectivity index (χ4v) is 4.74. The van der Waals surface area contributed by atoms with Gasteiger partial charge < -0.3 is 0 Å². The van der Waals surface area contributed by atoms with Crippen LogP contribution >= 0.6 is 0 Å². The number of carbonyl (C=O) groups is 1. The monoisotopic (exact) mass is 406 g/mol. The zero-order valence-electron chi connectivity index (χ0n) is 18.5. The molecule has 2 heteroatoms. The number of ketones is 1. The highest BCUT2D eigenvalue weighted by Crippen LogP contribution is 2.38. The Balaban J connectivity index is 1.71. The molecule has 0 aromatic heterocycles. The number of allylic oxidation sites excluding steroid dienone is 1. The van der Waals surface area contributed by atoms with Gasteiger partial charge in [-0.15, -0.1) is 0 Å². The summed E-state index contributed by atoms with van der Waals surface area (Å²) in [6.07, 6.45) is 13.6. The number of unbranched alkanes of at least 4 members (excludes halogenated alkanes) is 1. The van der Waals surface area contributed by atoms with Gasteiger partial charge in [0, 0.05) is 12.0 Å². The van der Waals surface area contributed by atoms with E-state index in [1.165, 1.54) is 31.7 Å². The molecule has 0 unspecified atom stereocenters. The maximum atomic E-state index is 14.6. The van der Waals surface area contributed by atoms with Gasteiger partial charge in [-0.05, 0) is 66.7 Å². The first-order chi connectivity index (χ1) is 14.6. The van der Waals surface area contributed by atoms with Crippen LogP contribution in [0.5, 0.6) is 0 Å². The average Bonchev–Trinajstić information content (AvgIpc) is 2.76. The Hall–Kier alpha value is -2.22. The fraction of sp³-hybridized carbons (Fsp3) is 0.464. The summed E-state index contributed by atoms with van der Waals surface area (Å²) in [5.74, 6) is 1.02. The van der Waals surface area contributed by atoms with E-state index in [0.29, 0.717) is 11.5 Å². The highest BCUT2D eigenvalue weighted by molar-refractivity contribution is 5.99. The van der Waals surface area contributed by atoms with Crippen LogP contribution in [0, 0.1) is 11.7 Å². The van der Waals surface area contributed by atoms with Crippen LogP contribution in [0.4, 0.5) is 4.39 Å². The lowest BCUT2D eigenvalue weighted by Gasteiger charge is -2.29. The first kappa shape index (κ1) is 22.5.